The molecule has 0 bridgehead atoms. The first kappa shape index (κ1) is 21.3. The van der Waals surface area contributed by atoms with Gasteiger partial charge in [-0.2, -0.15) is 0 Å². The summed E-state index contributed by atoms with van der Waals surface area (Å²) >= 11 is 0. The molecule has 2 aromatic rings. The lowest BCUT2D eigenvalue weighted by Crippen LogP contribution is -2.39. The molecule has 0 radical (unpaired) electrons. The first-order valence-corrected chi connectivity index (χ1v) is 10.6. The van der Waals surface area contributed by atoms with Crippen LogP contribution in [0.15, 0.2) is 48.7 Å². The molecule has 1 aromatic carbocycles. The summed E-state index contributed by atoms with van der Waals surface area (Å²) < 4.78 is 5.68. The first-order chi connectivity index (χ1) is 13.9. The number of carbonyl (C=O) groups is 1. The van der Waals surface area contributed by atoms with Crippen LogP contribution in [0, 0.1) is 0 Å². The average Bonchev–Trinajstić information content (AvgIpc) is 3.13. The summed E-state index contributed by atoms with van der Waals surface area (Å²) in [5.74, 6) is 0.730. The number of hydrogen-bond donors (Lipinski definition) is 0. The fraction of sp³-hybridized carbons (Fsp3) is 0.500. The van der Waals surface area contributed by atoms with E-state index in [0.717, 1.165) is 43.7 Å². The molecule has 0 spiro atoms. The number of carbonyl (C=O) groups excluding carboxylic acids is 1. The van der Waals surface area contributed by atoms with Crippen LogP contribution in [0.5, 0.6) is 0 Å². The SMILES string of the molecule is CCCN(C(=O)OC(C)(C)C)c1ncccc1[C@H]1CCCN1Cc1ccccc1. The van der Waals surface area contributed by atoms with Crippen molar-refractivity contribution in [2.75, 3.05) is 18.0 Å². The van der Waals surface area contributed by atoms with E-state index in [2.05, 4.69) is 47.1 Å². The van der Waals surface area contributed by atoms with E-state index >= 15 is 0 Å². The minimum Gasteiger partial charge on any atom is -0.443 e. The van der Waals surface area contributed by atoms with Crippen LogP contribution >= 0.6 is 0 Å². The van der Waals surface area contributed by atoms with Gasteiger partial charge in [0.1, 0.15) is 11.4 Å². The van der Waals surface area contributed by atoms with Crippen molar-refractivity contribution in [2.45, 2.75) is 65.1 Å². The Labute approximate surface area is 174 Å². The van der Waals surface area contributed by atoms with E-state index in [1.807, 2.05) is 32.9 Å². The second-order valence-corrected chi connectivity index (χ2v) is 8.66. The monoisotopic (exact) mass is 395 g/mol. The van der Waals surface area contributed by atoms with E-state index in [4.69, 9.17) is 4.74 Å². The van der Waals surface area contributed by atoms with Crippen LogP contribution in [0.2, 0.25) is 0 Å². The first-order valence-electron chi connectivity index (χ1n) is 10.6. The van der Waals surface area contributed by atoms with Crippen molar-refractivity contribution in [1.82, 2.24) is 9.88 Å². The topological polar surface area (TPSA) is 45.7 Å². The number of pyridine rings is 1. The maximum atomic E-state index is 12.9. The van der Waals surface area contributed by atoms with Gasteiger partial charge in [-0.05, 0) is 58.2 Å². The predicted octanol–water partition coefficient (Wildman–Crippen LogP) is 5.57. The lowest BCUT2D eigenvalue weighted by Gasteiger charge is -2.31. The molecule has 0 N–H and O–H groups in total. The highest BCUT2D eigenvalue weighted by atomic mass is 16.6. The summed E-state index contributed by atoms with van der Waals surface area (Å²) in [6, 6.07) is 14.9. The molecule has 1 aliphatic rings. The molecule has 1 fully saturated rings. The Morgan fingerprint density at radius 3 is 2.66 bits per heavy atom. The zero-order chi connectivity index (χ0) is 20.9. The minimum atomic E-state index is -0.537. The number of nitrogens with zero attached hydrogens (tertiary/aromatic N) is 3. The van der Waals surface area contributed by atoms with Crippen LogP contribution in [0.1, 0.15) is 64.1 Å². The Morgan fingerprint density at radius 2 is 1.97 bits per heavy atom. The van der Waals surface area contributed by atoms with E-state index in [-0.39, 0.29) is 12.1 Å². The average molecular weight is 396 g/mol. The molecule has 29 heavy (non-hydrogen) atoms. The van der Waals surface area contributed by atoms with Crippen molar-refractivity contribution in [3.05, 3.63) is 59.8 Å². The molecule has 5 heteroatoms. The number of ether oxygens (including phenoxy) is 1. The zero-order valence-electron chi connectivity index (χ0n) is 18.1. The lowest BCUT2D eigenvalue weighted by atomic mass is 10.0. The molecule has 2 heterocycles. The number of rotatable bonds is 6. The van der Waals surface area contributed by atoms with E-state index in [1.165, 1.54) is 5.56 Å². The van der Waals surface area contributed by atoms with E-state index in [1.54, 1.807) is 11.1 Å². The molecular formula is C24H33N3O2. The Balaban J connectivity index is 1.89. The number of hydrogen-bond acceptors (Lipinski definition) is 4. The third kappa shape index (κ3) is 5.57. The molecule has 5 nitrogen and oxygen atoms in total. The Hall–Kier alpha value is -2.40. The van der Waals surface area contributed by atoms with Crippen LogP contribution in [0.25, 0.3) is 0 Å². The van der Waals surface area contributed by atoms with Gasteiger partial charge in [0.05, 0.1) is 0 Å². The Morgan fingerprint density at radius 1 is 1.21 bits per heavy atom. The maximum absolute atomic E-state index is 12.9. The fourth-order valence-corrected chi connectivity index (χ4v) is 3.90. The second kappa shape index (κ2) is 9.40. The van der Waals surface area contributed by atoms with Crippen LogP contribution in [0.4, 0.5) is 10.6 Å². The molecule has 3 rings (SSSR count). The van der Waals surface area contributed by atoms with Gasteiger partial charge in [-0.1, -0.05) is 43.3 Å². The van der Waals surface area contributed by atoms with Gasteiger partial charge in [0.2, 0.25) is 0 Å². The highest BCUT2D eigenvalue weighted by Crippen LogP contribution is 2.37. The molecular weight excluding hydrogens is 362 g/mol. The van der Waals surface area contributed by atoms with Crippen molar-refractivity contribution in [1.29, 1.82) is 0 Å². The summed E-state index contributed by atoms with van der Waals surface area (Å²) in [6.07, 6.45) is 4.49. The van der Waals surface area contributed by atoms with Crippen LogP contribution in [-0.2, 0) is 11.3 Å². The van der Waals surface area contributed by atoms with E-state index < -0.39 is 5.60 Å². The molecule has 0 saturated carbocycles. The summed E-state index contributed by atoms with van der Waals surface area (Å²) in [5.41, 5.74) is 1.88. The molecule has 1 amide bonds. The molecule has 1 saturated heterocycles. The number of benzene rings is 1. The molecule has 1 aliphatic heterocycles. The number of aromatic nitrogens is 1. The van der Waals surface area contributed by atoms with Gasteiger partial charge in [-0.25, -0.2) is 9.78 Å². The lowest BCUT2D eigenvalue weighted by molar-refractivity contribution is 0.0578. The van der Waals surface area contributed by atoms with Crippen molar-refractivity contribution in [3.63, 3.8) is 0 Å². The molecule has 1 aromatic heterocycles. The quantitative estimate of drug-likeness (QED) is 0.641. The normalized spacial score (nSPS) is 17.3. The van der Waals surface area contributed by atoms with Crippen LogP contribution < -0.4 is 4.90 Å². The fourth-order valence-electron chi connectivity index (χ4n) is 3.90. The minimum absolute atomic E-state index is 0.251. The van der Waals surface area contributed by atoms with E-state index in [0.29, 0.717) is 6.54 Å². The molecule has 0 aliphatic carbocycles. The number of anilines is 1. The van der Waals surface area contributed by atoms with Gasteiger partial charge in [0, 0.05) is 30.9 Å². The summed E-state index contributed by atoms with van der Waals surface area (Å²) in [5, 5.41) is 0. The molecule has 156 valence electrons. The van der Waals surface area contributed by atoms with Gasteiger partial charge >= 0.3 is 6.09 Å². The van der Waals surface area contributed by atoms with Crippen molar-refractivity contribution in [2.24, 2.45) is 0 Å². The van der Waals surface area contributed by atoms with Gasteiger partial charge in [0.25, 0.3) is 0 Å². The van der Waals surface area contributed by atoms with Gasteiger partial charge < -0.3 is 4.74 Å². The molecule has 1 atom stereocenters. The van der Waals surface area contributed by atoms with Gasteiger partial charge in [-0.3, -0.25) is 9.80 Å². The summed E-state index contributed by atoms with van der Waals surface area (Å²) in [7, 11) is 0. The highest BCUT2D eigenvalue weighted by molar-refractivity contribution is 5.87. The smallest absolute Gasteiger partial charge is 0.416 e. The summed E-state index contributed by atoms with van der Waals surface area (Å²) in [6.45, 7) is 10.3. The third-order valence-corrected chi connectivity index (χ3v) is 5.08. The second-order valence-electron chi connectivity index (χ2n) is 8.66. The van der Waals surface area contributed by atoms with E-state index in [9.17, 15) is 4.79 Å². The molecule has 0 unspecified atom stereocenters. The van der Waals surface area contributed by atoms with Crippen molar-refractivity contribution in [3.8, 4) is 0 Å². The van der Waals surface area contributed by atoms with Crippen LogP contribution in [0.3, 0.4) is 0 Å². The van der Waals surface area contributed by atoms with Crippen LogP contribution in [-0.4, -0.2) is 34.7 Å². The highest BCUT2D eigenvalue weighted by Gasteiger charge is 2.32. The van der Waals surface area contributed by atoms with Crippen molar-refractivity contribution < 1.29 is 9.53 Å². The zero-order valence-corrected chi connectivity index (χ0v) is 18.1. The third-order valence-electron chi connectivity index (χ3n) is 5.08. The van der Waals surface area contributed by atoms with Gasteiger partial charge in [-0.15, -0.1) is 0 Å². The Bertz CT molecular complexity index is 801. The van der Waals surface area contributed by atoms with Gasteiger partial charge in [0.15, 0.2) is 0 Å². The Kier molecular flexibility index (Phi) is 6.91. The largest absolute Gasteiger partial charge is 0.443 e. The number of likely N-dealkylation sites (tertiary alicyclic amines) is 1. The standard InChI is InChI=1S/C24H33N3O2/c1-5-16-27(23(28)29-24(2,3)4)22-20(13-9-15-25-22)21-14-10-17-26(21)18-19-11-7-6-8-12-19/h6-9,11-13,15,21H,5,10,14,16-18H2,1-4H3/t21-/m1/s1. The number of amides is 1. The van der Waals surface area contributed by atoms with Crippen molar-refractivity contribution >= 4 is 11.9 Å². The predicted molar refractivity (Wildman–Crippen MR) is 117 cm³/mol. The maximum Gasteiger partial charge on any atom is 0.416 e. The summed E-state index contributed by atoms with van der Waals surface area (Å²) in [4.78, 5) is 21.8.